The fourth-order valence-corrected chi connectivity index (χ4v) is 6.63. The minimum absolute atomic E-state index is 0. The van der Waals surface area contributed by atoms with Crippen molar-refractivity contribution < 1.29 is 39.3 Å². The van der Waals surface area contributed by atoms with Gasteiger partial charge in [-0.2, -0.15) is 12.2 Å². The van der Waals surface area contributed by atoms with Crippen LogP contribution in [0.5, 0.6) is 0 Å². The van der Waals surface area contributed by atoms with Crippen molar-refractivity contribution in [3.05, 3.63) is 108 Å². The second-order valence-corrected chi connectivity index (χ2v) is 17.3. The molecule has 0 radical (unpaired) electrons. The maximum absolute atomic E-state index is 14.3. The van der Waals surface area contributed by atoms with Gasteiger partial charge in [-0.1, -0.05) is 121 Å². The zero-order valence-electron chi connectivity index (χ0n) is 38.6. The van der Waals surface area contributed by atoms with Crippen LogP contribution >= 0.6 is 0 Å². The SMILES string of the molecule is CCCCC(CC)CCN(CC(C)(C)CC)c1ccc(F)[c-]c1F.CCCCC(CC)CCN(CC(C)(C)CC)c1ccc(F)[c-]c1F.[C-]1=CC=CC1.[C-]1=CC=CC1.[Ti+4]. The number of hydrogen-bond acceptors (Lipinski definition) is 2. The molecule has 2 aliphatic carbocycles. The average molecular weight is 855 g/mol. The van der Waals surface area contributed by atoms with Crippen molar-refractivity contribution in [2.24, 2.45) is 22.7 Å². The zero-order chi connectivity index (χ0) is 43.4. The molecule has 0 bridgehead atoms. The molecule has 2 nitrogen and oxygen atoms in total. The average Bonchev–Trinajstić information content (AvgIpc) is 3.99. The first-order chi connectivity index (χ1) is 27.6. The normalized spacial score (nSPS) is 13.7. The summed E-state index contributed by atoms with van der Waals surface area (Å²) in [6, 6.07) is 10.1. The number of halogens is 4. The molecule has 0 fully saturated rings. The number of allylic oxidation sites excluding steroid dienone is 8. The molecule has 2 aromatic rings. The first-order valence-electron chi connectivity index (χ1n) is 22.3. The van der Waals surface area contributed by atoms with Crippen LogP contribution in [0, 0.1) is 70.2 Å². The minimum Gasteiger partial charge on any atom is -0.421 e. The molecule has 0 aromatic heterocycles. The molecule has 0 aliphatic heterocycles. The van der Waals surface area contributed by atoms with E-state index in [0.29, 0.717) is 23.2 Å². The van der Waals surface area contributed by atoms with Gasteiger partial charge in [0.05, 0.1) is 0 Å². The molecule has 2 aliphatic rings. The van der Waals surface area contributed by atoms with Crippen LogP contribution < -0.4 is 9.80 Å². The number of nitrogens with zero attached hydrogens (tertiary/aromatic N) is 2. The van der Waals surface area contributed by atoms with Gasteiger partial charge in [-0.15, -0.1) is 49.2 Å². The Balaban J connectivity index is 0.000000903. The Morgan fingerprint density at radius 2 is 0.949 bits per heavy atom. The number of unbranched alkanes of at least 4 members (excludes halogenated alkanes) is 2. The summed E-state index contributed by atoms with van der Waals surface area (Å²) >= 11 is 0. The van der Waals surface area contributed by atoms with Gasteiger partial charge in [0.25, 0.3) is 0 Å². The number of benzene rings is 2. The summed E-state index contributed by atoms with van der Waals surface area (Å²) < 4.78 is 54.9. The van der Waals surface area contributed by atoms with Gasteiger partial charge in [0.1, 0.15) is 0 Å². The summed E-state index contributed by atoms with van der Waals surface area (Å²) in [5.41, 5.74) is 1.13. The Morgan fingerprint density at radius 3 is 1.19 bits per heavy atom. The van der Waals surface area contributed by atoms with Crippen LogP contribution in [0.25, 0.3) is 0 Å². The predicted octanol–water partition coefficient (Wildman–Crippen LogP) is 15.8. The first-order valence-corrected chi connectivity index (χ1v) is 22.3. The molecule has 328 valence electrons. The molecule has 0 saturated heterocycles. The summed E-state index contributed by atoms with van der Waals surface area (Å²) in [7, 11) is 0. The third-order valence-electron chi connectivity index (χ3n) is 11.4. The molecule has 0 spiro atoms. The minimum atomic E-state index is -0.639. The van der Waals surface area contributed by atoms with Crippen molar-refractivity contribution in [2.75, 3.05) is 36.0 Å². The zero-order valence-corrected chi connectivity index (χ0v) is 40.1. The van der Waals surface area contributed by atoms with Gasteiger partial charge >= 0.3 is 21.7 Å². The largest absolute Gasteiger partial charge is 4.00 e. The molecule has 0 heterocycles. The van der Waals surface area contributed by atoms with Gasteiger partial charge in [0.15, 0.2) is 0 Å². The Labute approximate surface area is 375 Å². The van der Waals surface area contributed by atoms with Crippen molar-refractivity contribution >= 4 is 11.4 Å². The van der Waals surface area contributed by atoms with E-state index in [9.17, 15) is 17.6 Å². The topological polar surface area (TPSA) is 6.48 Å². The summed E-state index contributed by atoms with van der Waals surface area (Å²) in [6.45, 7) is 25.1. The quantitative estimate of drug-likeness (QED) is 0.0661. The van der Waals surface area contributed by atoms with Crippen molar-refractivity contribution in [1.82, 2.24) is 0 Å². The third-order valence-corrected chi connectivity index (χ3v) is 11.4. The van der Waals surface area contributed by atoms with Crippen LogP contribution in [0.4, 0.5) is 28.9 Å². The summed E-state index contributed by atoms with van der Waals surface area (Å²) in [5.74, 6) is -1.10. The van der Waals surface area contributed by atoms with Crippen molar-refractivity contribution in [1.29, 1.82) is 0 Å². The molecule has 0 amide bonds. The molecule has 0 N–H and O–H groups in total. The summed E-state index contributed by atoms with van der Waals surface area (Å²) in [6.07, 6.45) is 33.8. The van der Waals surface area contributed by atoms with E-state index in [2.05, 4.69) is 115 Å². The molecule has 7 heteroatoms. The van der Waals surface area contributed by atoms with Gasteiger partial charge in [-0.3, -0.25) is 12.2 Å². The number of rotatable bonds is 22. The molecule has 0 saturated carbocycles. The van der Waals surface area contributed by atoms with E-state index in [1.54, 1.807) is 12.1 Å². The maximum atomic E-state index is 14.3. The van der Waals surface area contributed by atoms with E-state index >= 15 is 0 Å². The molecule has 59 heavy (non-hydrogen) atoms. The number of anilines is 2. The Bertz CT molecular complexity index is 1370. The molecular weight excluding hydrogens is 776 g/mol. The van der Waals surface area contributed by atoms with Gasteiger partial charge in [-0.25, -0.2) is 41.9 Å². The van der Waals surface area contributed by atoms with Crippen molar-refractivity contribution in [3.8, 4) is 0 Å². The first kappa shape index (κ1) is 56.4. The monoisotopic (exact) mass is 855 g/mol. The molecule has 4 rings (SSSR count). The summed E-state index contributed by atoms with van der Waals surface area (Å²) in [4.78, 5) is 4.17. The molecule has 2 atom stereocenters. The maximum Gasteiger partial charge on any atom is 4.00 e. The second-order valence-electron chi connectivity index (χ2n) is 17.3. The van der Waals surface area contributed by atoms with E-state index in [1.807, 2.05) is 24.3 Å². The fraction of sp³-hybridized carbons (Fsp3) is 0.615. The summed E-state index contributed by atoms with van der Waals surface area (Å²) in [5, 5.41) is 0. The van der Waals surface area contributed by atoms with E-state index in [-0.39, 0.29) is 32.5 Å². The third kappa shape index (κ3) is 25.1. The van der Waals surface area contributed by atoms with Crippen molar-refractivity contribution in [2.45, 2.75) is 159 Å². The Morgan fingerprint density at radius 1 is 0.576 bits per heavy atom. The molecule has 2 unspecified atom stereocenters. The van der Waals surface area contributed by atoms with E-state index in [0.717, 1.165) is 77.5 Å². The van der Waals surface area contributed by atoms with Gasteiger partial charge in [0.2, 0.25) is 0 Å². The van der Waals surface area contributed by atoms with Gasteiger partial charge in [0, 0.05) is 49.4 Å². The van der Waals surface area contributed by atoms with Gasteiger partial charge < -0.3 is 9.80 Å². The number of hydrogen-bond donors (Lipinski definition) is 0. The van der Waals surface area contributed by atoms with E-state index < -0.39 is 23.3 Å². The predicted molar refractivity (Wildman–Crippen MR) is 242 cm³/mol. The van der Waals surface area contributed by atoms with E-state index in [1.165, 1.54) is 50.7 Å². The van der Waals surface area contributed by atoms with Crippen molar-refractivity contribution in [3.63, 3.8) is 0 Å². The van der Waals surface area contributed by atoms with E-state index in [4.69, 9.17) is 0 Å². The Hall–Kier alpha value is -2.57. The smallest absolute Gasteiger partial charge is 0.421 e. The van der Waals surface area contributed by atoms with Crippen LogP contribution in [0.1, 0.15) is 159 Å². The Kier molecular flexibility index (Phi) is 30.8. The van der Waals surface area contributed by atoms with Gasteiger partial charge in [-0.05, 0) is 59.7 Å². The second kappa shape index (κ2) is 32.2. The van der Waals surface area contributed by atoms with Crippen LogP contribution in [0.3, 0.4) is 0 Å². The van der Waals surface area contributed by atoms with Crippen LogP contribution in [-0.2, 0) is 21.7 Å². The van der Waals surface area contributed by atoms with Crippen LogP contribution in [0.15, 0.2) is 60.7 Å². The molecular formula is C52H78F4N2Ti. The standard InChI is InChI=1S/2C21H34F2N.2C5H5.Ti/c2*1-6-9-10-17(7-2)13-14-24(16-21(4,5)8-3)20-12-11-18(22)15-19(20)23;2*1-2-4-5-3-1;/h2*11-12,17H,6-10,13-14,16H2,1-5H3;2*1-3H,4H2;/q4*-1;+4. The fourth-order valence-electron chi connectivity index (χ4n) is 6.63. The van der Waals surface area contributed by atoms with Crippen LogP contribution in [0.2, 0.25) is 0 Å². The molecule has 2 aromatic carbocycles. The van der Waals surface area contributed by atoms with Crippen LogP contribution in [-0.4, -0.2) is 26.2 Å².